The van der Waals surface area contributed by atoms with E-state index in [1.165, 1.54) is 66.5 Å². The number of aromatic amines is 1. The van der Waals surface area contributed by atoms with Crippen molar-refractivity contribution in [1.82, 2.24) is 24.4 Å². The fourth-order valence-corrected chi connectivity index (χ4v) is 7.13. The molecule has 1 unspecified atom stereocenters. The Bertz CT molecular complexity index is 969. The fourth-order valence-electron chi connectivity index (χ4n) is 5.81. The Kier molecular flexibility index (Phi) is 4.51. The second-order valence-electron chi connectivity index (χ2n) is 9.67. The monoisotopic (exact) mass is 426 g/mol. The van der Waals surface area contributed by atoms with Crippen LogP contribution < -0.4 is 5.32 Å². The van der Waals surface area contributed by atoms with Crippen LogP contribution in [0, 0.1) is 5.41 Å². The van der Waals surface area contributed by atoms with Crippen molar-refractivity contribution in [2.24, 2.45) is 5.41 Å². The molecular formula is C22H30N6OS. The van der Waals surface area contributed by atoms with Crippen LogP contribution >= 0.6 is 0 Å². The molecule has 3 heterocycles. The van der Waals surface area contributed by atoms with Crippen LogP contribution in [-0.2, 0) is 36.7 Å². The highest BCUT2D eigenvalue weighted by atomic mass is 32.2. The Balaban J connectivity index is 1.18. The van der Waals surface area contributed by atoms with Crippen molar-refractivity contribution < 1.29 is 4.21 Å². The summed E-state index contributed by atoms with van der Waals surface area (Å²) in [6.07, 6.45) is 9.44. The van der Waals surface area contributed by atoms with Crippen molar-refractivity contribution in [2.45, 2.75) is 56.5 Å². The summed E-state index contributed by atoms with van der Waals surface area (Å²) in [4.78, 5) is 6.96. The van der Waals surface area contributed by atoms with Gasteiger partial charge in [0.25, 0.3) is 0 Å². The fraction of sp³-hybridized carbons (Fsp3) is 0.636. The van der Waals surface area contributed by atoms with Gasteiger partial charge in [-0.2, -0.15) is 4.98 Å². The molecule has 2 saturated heterocycles. The lowest BCUT2D eigenvalue weighted by Gasteiger charge is -2.52. The largest absolute Gasteiger partial charge is 0.322 e. The molecule has 1 atom stereocenters. The normalized spacial score (nSPS) is 23.9. The van der Waals surface area contributed by atoms with Gasteiger partial charge in [-0.3, -0.25) is 0 Å². The van der Waals surface area contributed by atoms with E-state index in [0.717, 1.165) is 39.0 Å². The van der Waals surface area contributed by atoms with Gasteiger partial charge in [-0.15, -0.1) is 5.10 Å². The molecule has 1 aromatic carbocycles. The van der Waals surface area contributed by atoms with Crippen molar-refractivity contribution in [1.29, 1.82) is 0 Å². The van der Waals surface area contributed by atoms with E-state index in [2.05, 4.69) is 38.5 Å². The van der Waals surface area contributed by atoms with Gasteiger partial charge in [0, 0.05) is 24.2 Å². The zero-order valence-corrected chi connectivity index (χ0v) is 18.5. The molecule has 2 aliphatic carbocycles. The molecule has 0 radical (unpaired) electrons. The predicted molar refractivity (Wildman–Crippen MR) is 117 cm³/mol. The highest BCUT2D eigenvalue weighted by molar-refractivity contribution is 7.82. The van der Waals surface area contributed by atoms with Crippen LogP contribution in [-0.4, -0.2) is 61.8 Å². The third kappa shape index (κ3) is 3.11. The lowest BCUT2D eigenvalue weighted by molar-refractivity contribution is 0.0103. The number of nitrogens with zero attached hydrogens (tertiary/aromatic N) is 4. The second kappa shape index (κ2) is 7.14. The minimum absolute atomic E-state index is 0.356. The zero-order chi connectivity index (χ0) is 20.3. The number of H-pyrrole nitrogens is 1. The van der Waals surface area contributed by atoms with Crippen molar-refractivity contribution in [2.75, 3.05) is 38.5 Å². The number of piperidine rings is 1. The molecular weight excluding hydrogens is 396 g/mol. The number of benzene rings is 1. The Labute approximate surface area is 180 Å². The standard InChI is InChI=1S/C22H30N6OS/c1-27-10-8-22(9-11-27)13-28(14-22)30(29)21-24-20(25-26-21)23-19-17-6-2-4-15(17)12-16-5-3-7-18(16)19/h12H,2-11,13-14H2,1H3,(H2,23,24,25,26). The average Bonchev–Trinajstić information content (AvgIpc) is 3.47. The Morgan fingerprint density at radius 3 is 2.40 bits per heavy atom. The molecule has 2 N–H and O–H groups in total. The van der Waals surface area contributed by atoms with Gasteiger partial charge >= 0.3 is 0 Å². The van der Waals surface area contributed by atoms with Crippen molar-refractivity contribution in [3.63, 3.8) is 0 Å². The molecule has 4 aliphatic rings. The first-order chi connectivity index (χ1) is 14.6. The number of rotatable bonds is 4. The first-order valence-electron chi connectivity index (χ1n) is 11.3. The van der Waals surface area contributed by atoms with E-state index in [-0.39, 0.29) is 0 Å². The van der Waals surface area contributed by atoms with Crippen LogP contribution in [0.1, 0.15) is 47.9 Å². The van der Waals surface area contributed by atoms with Gasteiger partial charge < -0.3 is 10.2 Å². The minimum Gasteiger partial charge on any atom is -0.322 e. The lowest BCUT2D eigenvalue weighted by Crippen LogP contribution is -2.60. The van der Waals surface area contributed by atoms with E-state index < -0.39 is 11.0 Å². The number of anilines is 2. The van der Waals surface area contributed by atoms with Gasteiger partial charge in [-0.1, -0.05) is 6.07 Å². The molecule has 30 heavy (non-hydrogen) atoms. The molecule has 160 valence electrons. The number of likely N-dealkylation sites (tertiary alicyclic amines) is 1. The number of hydrogen-bond acceptors (Lipinski definition) is 5. The summed E-state index contributed by atoms with van der Waals surface area (Å²) >= 11 is 0. The van der Waals surface area contributed by atoms with Crippen molar-refractivity contribution in [3.05, 3.63) is 28.3 Å². The summed E-state index contributed by atoms with van der Waals surface area (Å²) < 4.78 is 15.1. The third-order valence-corrected chi connectivity index (χ3v) is 8.89. The zero-order valence-electron chi connectivity index (χ0n) is 17.7. The predicted octanol–water partition coefficient (Wildman–Crippen LogP) is 2.58. The molecule has 2 aliphatic heterocycles. The lowest BCUT2D eigenvalue weighted by atomic mass is 9.73. The molecule has 2 aromatic rings. The van der Waals surface area contributed by atoms with Crippen LogP contribution in [0.15, 0.2) is 11.2 Å². The van der Waals surface area contributed by atoms with Crippen LogP contribution in [0.5, 0.6) is 0 Å². The molecule has 2 fully saturated rings. The Morgan fingerprint density at radius 1 is 1.07 bits per heavy atom. The Morgan fingerprint density at radius 2 is 1.73 bits per heavy atom. The van der Waals surface area contributed by atoms with E-state index in [0.29, 0.717) is 16.5 Å². The third-order valence-electron chi connectivity index (χ3n) is 7.65. The molecule has 0 bridgehead atoms. The highest BCUT2D eigenvalue weighted by Crippen LogP contribution is 2.42. The van der Waals surface area contributed by atoms with Crippen LogP contribution in [0.4, 0.5) is 11.6 Å². The van der Waals surface area contributed by atoms with Gasteiger partial charge in [-0.25, -0.2) is 13.6 Å². The minimum atomic E-state index is -1.26. The summed E-state index contributed by atoms with van der Waals surface area (Å²) in [5, 5.41) is 11.3. The smallest absolute Gasteiger partial charge is 0.247 e. The summed E-state index contributed by atoms with van der Waals surface area (Å²) in [5.41, 5.74) is 7.44. The summed E-state index contributed by atoms with van der Waals surface area (Å²) in [6, 6.07) is 2.43. The highest BCUT2D eigenvalue weighted by Gasteiger charge is 2.47. The van der Waals surface area contributed by atoms with E-state index in [9.17, 15) is 4.21 Å². The molecule has 1 aromatic heterocycles. The number of aromatic nitrogens is 3. The van der Waals surface area contributed by atoms with Gasteiger partial charge in [0.2, 0.25) is 11.1 Å². The van der Waals surface area contributed by atoms with E-state index in [1.807, 2.05) is 4.31 Å². The number of aryl methyl sites for hydroxylation is 2. The van der Waals surface area contributed by atoms with E-state index in [4.69, 9.17) is 0 Å². The Hall–Kier alpha value is -1.77. The van der Waals surface area contributed by atoms with Gasteiger partial charge in [0.15, 0.2) is 11.0 Å². The summed E-state index contributed by atoms with van der Waals surface area (Å²) in [7, 11) is 0.920. The van der Waals surface area contributed by atoms with Gasteiger partial charge in [0.1, 0.15) is 0 Å². The molecule has 0 saturated carbocycles. The second-order valence-corrected chi connectivity index (χ2v) is 11.1. The van der Waals surface area contributed by atoms with Crippen LogP contribution in [0.2, 0.25) is 0 Å². The number of nitrogens with one attached hydrogen (secondary N) is 2. The average molecular weight is 427 g/mol. The van der Waals surface area contributed by atoms with E-state index >= 15 is 0 Å². The van der Waals surface area contributed by atoms with Crippen LogP contribution in [0.3, 0.4) is 0 Å². The molecule has 0 amide bonds. The van der Waals surface area contributed by atoms with Crippen molar-refractivity contribution in [3.8, 4) is 0 Å². The van der Waals surface area contributed by atoms with Gasteiger partial charge in [-0.05, 0) is 93.8 Å². The first-order valence-corrected chi connectivity index (χ1v) is 12.4. The van der Waals surface area contributed by atoms with Gasteiger partial charge in [0.05, 0.1) is 0 Å². The summed E-state index contributed by atoms with van der Waals surface area (Å²) in [6.45, 7) is 4.08. The van der Waals surface area contributed by atoms with Crippen molar-refractivity contribution >= 4 is 22.6 Å². The maximum Gasteiger partial charge on any atom is 0.247 e. The maximum absolute atomic E-state index is 13.0. The molecule has 8 heteroatoms. The SMILES string of the molecule is CN1CCC2(CC1)CN(S(=O)c1nc(Nc3c4c(cc5c3CCC5)CCC4)n[nH]1)C2. The molecule has 6 rings (SSSR count). The quantitative estimate of drug-likeness (QED) is 0.786. The van der Waals surface area contributed by atoms with E-state index in [1.54, 1.807) is 0 Å². The molecule has 1 spiro atoms. The van der Waals surface area contributed by atoms with Crippen LogP contribution in [0.25, 0.3) is 0 Å². The topological polar surface area (TPSA) is 77.2 Å². The molecule has 7 nitrogen and oxygen atoms in total. The first kappa shape index (κ1) is 19.0. The number of fused-ring (bicyclic) bond motifs is 2. The number of hydrogen-bond donors (Lipinski definition) is 2. The maximum atomic E-state index is 13.0. The summed E-state index contributed by atoms with van der Waals surface area (Å²) in [5.74, 6) is 0.544.